The van der Waals surface area contributed by atoms with Crippen molar-refractivity contribution in [3.8, 4) is 0 Å². The summed E-state index contributed by atoms with van der Waals surface area (Å²) in [4.78, 5) is 1.89. The lowest BCUT2D eigenvalue weighted by Crippen LogP contribution is -2.07. The van der Waals surface area contributed by atoms with Crippen LogP contribution in [0.2, 0.25) is 0 Å². The Bertz CT molecular complexity index is 521. The molecule has 0 aliphatic rings. The quantitative estimate of drug-likeness (QED) is 0.691. The van der Waals surface area contributed by atoms with Gasteiger partial charge in [-0.05, 0) is 12.1 Å². The summed E-state index contributed by atoms with van der Waals surface area (Å²) in [6.45, 7) is 0. The number of halogens is 1. The van der Waals surface area contributed by atoms with Crippen molar-refractivity contribution >= 4 is 33.9 Å². The van der Waals surface area contributed by atoms with E-state index >= 15 is 0 Å². The predicted molar refractivity (Wildman–Crippen MR) is 74.6 cm³/mol. The molecule has 2 N–H and O–H groups in total. The molecular formula is C11H13FN4S2. The Morgan fingerprint density at radius 1 is 1.39 bits per heavy atom. The van der Waals surface area contributed by atoms with Crippen molar-refractivity contribution in [3.63, 3.8) is 0 Å². The Hall–Kier alpha value is -1.34. The number of aromatic nitrogens is 2. The van der Waals surface area contributed by atoms with E-state index in [1.165, 1.54) is 29.2 Å². The van der Waals surface area contributed by atoms with E-state index in [9.17, 15) is 4.39 Å². The number of nitrogens with two attached hydrogens (primary N) is 1. The van der Waals surface area contributed by atoms with Crippen molar-refractivity contribution in [2.24, 2.45) is 0 Å². The molecule has 0 aliphatic heterocycles. The van der Waals surface area contributed by atoms with Crippen molar-refractivity contribution < 1.29 is 4.39 Å². The maximum Gasteiger partial charge on any atom is 0.208 e. The first-order valence-corrected chi connectivity index (χ1v) is 7.04. The number of benzene rings is 1. The third-order valence-corrected chi connectivity index (χ3v) is 4.52. The van der Waals surface area contributed by atoms with Gasteiger partial charge in [-0.1, -0.05) is 29.2 Å². The molecule has 0 spiro atoms. The summed E-state index contributed by atoms with van der Waals surface area (Å²) in [5.74, 6) is 0.181. The number of anilines is 2. The summed E-state index contributed by atoms with van der Waals surface area (Å²) < 4.78 is 14.4. The molecule has 0 unspecified atom stereocenters. The molecule has 0 amide bonds. The van der Waals surface area contributed by atoms with Crippen LogP contribution in [0.25, 0.3) is 0 Å². The number of hydrogen-bond donors (Lipinski definition) is 1. The van der Waals surface area contributed by atoms with Crippen LogP contribution in [0.4, 0.5) is 15.2 Å². The summed E-state index contributed by atoms with van der Waals surface area (Å²) in [5, 5.41) is 8.89. The molecule has 1 aromatic carbocycles. The average Bonchev–Trinajstić information content (AvgIpc) is 2.77. The van der Waals surface area contributed by atoms with E-state index < -0.39 is 0 Å². The van der Waals surface area contributed by atoms with Crippen molar-refractivity contribution in [2.45, 2.75) is 10.1 Å². The second kappa shape index (κ2) is 5.53. The maximum atomic E-state index is 13.6. The van der Waals surface area contributed by atoms with Gasteiger partial charge in [0.05, 0.1) is 0 Å². The highest BCUT2D eigenvalue weighted by Crippen LogP contribution is 2.31. The fraction of sp³-hybridized carbons (Fsp3) is 0.273. The first-order chi connectivity index (χ1) is 8.58. The van der Waals surface area contributed by atoms with E-state index in [2.05, 4.69) is 10.2 Å². The number of nitrogens with zero attached hydrogens (tertiary/aromatic N) is 3. The average molecular weight is 284 g/mol. The van der Waals surface area contributed by atoms with Crippen LogP contribution in [0.15, 0.2) is 22.5 Å². The molecule has 0 saturated carbocycles. The molecule has 0 bridgehead atoms. The van der Waals surface area contributed by atoms with Gasteiger partial charge in [0, 0.05) is 31.1 Å². The minimum Gasteiger partial charge on any atom is -0.398 e. The standard InChI is InChI=1S/C11H13FN4S2/c1-16(2)10-14-15-11(18-10)17-6-7-8(12)4-3-5-9(7)13/h3-5H,6,13H2,1-2H3. The van der Waals surface area contributed by atoms with E-state index in [4.69, 9.17) is 5.73 Å². The highest BCUT2D eigenvalue weighted by Gasteiger charge is 2.10. The molecule has 0 aliphatic carbocycles. The molecule has 1 aromatic heterocycles. The highest BCUT2D eigenvalue weighted by molar-refractivity contribution is 8.00. The van der Waals surface area contributed by atoms with Gasteiger partial charge in [-0.15, -0.1) is 10.2 Å². The highest BCUT2D eigenvalue weighted by atomic mass is 32.2. The monoisotopic (exact) mass is 284 g/mol. The molecule has 0 saturated heterocycles. The number of rotatable bonds is 4. The molecule has 96 valence electrons. The molecule has 1 heterocycles. The Kier molecular flexibility index (Phi) is 4.03. The van der Waals surface area contributed by atoms with E-state index in [0.29, 0.717) is 17.0 Å². The first-order valence-electron chi connectivity index (χ1n) is 5.24. The van der Waals surface area contributed by atoms with Crippen LogP contribution in [0.5, 0.6) is 0 Å². The third-order valence-electron chi connectivity index (χ3n) is 2.27. The number of nitrogen functional groups attached to an aromatic ring is 1. The summed E-state index contributed by atoms with van der Waals surface area (Å²) >= 11 is 2.91. The Morgan fingerprint density at radius 3 is 2.78 bits per heavy atom. The van der Waals surface area contributed by atoms with Gasteiger partial charge in [-0.25, -0.2) is 4.39 Å². The summed E-state index contributed by atoms with van der Waals surface area (Å²) in [7, 11) is 3.81. The predicted octanol–water partition coefficient (Wildman–Crippen LogP) is 2.62. The van der Waals surface area contributed by atoms with E-state index in [0.717, 1.165) is 9.47 Å². The Labute approximate surface area is 113 Å². The molecule has 4 nitrogen and oxygen atoms in total. The Morgan fingerprint density at radius 2 is 2.17 bits per heavy atom. The molecule has 0 fully saturated rings. The summed E-state index contributed by atoms with van der Waals surface area (Å²) in [5.41, 5.74) is 6.73. The number of hydrogen-bond acceptors (Lipinski definition) is 6. The third kappa shape index (κ3) is 2.91. The molecular weight excluding hydrogens is 271 g/mol. The fourth-order valence-electron chi connectivity index (χ4n) is 1.30. The van der Waals surface area contributed by atoms with Crippen molar-refractivity contribution in [3.05, 3.63) is 29.6 Å². The summed E-state index contributed by atoms with van der Waals surface area (Å²) in [6, 6.07) is 4.72. The van der Waals surface area contributed by atoms with Crippen LogP contribution in [0.3, 0.4) is 0 Å². The second-order valence-corrected chi connectivity index (χ2v) is 6.02. The normalized spacial score (nSPS) is 10.6. The van der Waals surface area contributed by atoms with Gasteiger partial charge < -0.3 is 10.6 Å². The molecule has 0 atom stereocenters. The minimum absolute atomic E-state index is 0.278. The smallest absolute Gasteiger partial charge is 0.208 e. The molecule has 7 heteroatoms. The molecule has 2 aromatic rings. The second-order valence-electron chi connectivity index (χ2n) is 3.84. The minimum atomic E-state index is -0.278. The molecule has 2 rings (SSSR count). The van der Waals surface area contributed by atoms with E-state index in [1.54, 1.807) is 12.1 Å². The van der Waals surface area contributed by atoms with E-state index in [1.807, 2.05) is 19.0 Å². The van der Waals surface area contributed by atoms with Crippen molar-refractivity contribution in [2.75, 3.05) is 24.7 Å². The summed E-state index contributed by atoms with van der Waals surface area (Å²) in [6.07, 6.45) is 0. The van der Waals surface area contributed by atoms with Gasteiger partial charge in [0.15, 0.2) is 4.34 Å². The Balaban J connectivity index is 2.07. The van der Waals surface area contributed by atoms with Gasteiger partial charge in [0.2, 0.25) is 5.13 Å². The van der Waals surface area contributed by atoms with Gasteiger partial charge in [0.1, 0.15) is 5.82 Å². The van der Waals surface area contributed by atoms with Gasteiger partial charge in [0.25, 0.3) is 0 Å². The van der Waals surface area contributed by atoms with Gasteiger partial charge in [-0.3, -0.25) is 0 Å². The van der Waals surface area contributed by atoms with Crippen LogP contribution < -0.4 is 10.6 Å². The molecule has 18 heavy (non-hydrogen) atoms. The van der Waals surface area contributed by atoms with E-state index in [-0.39, 0.29) is 5.82 Å². The largest absolute Gasteiger partial charge is 0.398 e. The van der Waals surface area contributed by atoms with Crippen molar-refractivity contribution in [1.29, 1.82) is 0 Å². The van der Waals surface area contributed by atoms with Gasteiger partial charge >= 0.3 is 0 Å². The first kappa shape index (κ1) is 13.1. The topological polar surface area (TPSA) is 55.0 Å². The lowest BCUT2D eigenvalue weighted by molar-refractivity contribution is 0.618. The lowest BCUT2D eigenvalue weighted by Gasteiger charge is -2.05. The molecule has 0 radical (unpaired) electrons. The van der Waals surface area contributed by atoms with Crippen molar-refractivity contribution in [1.82, 2.24) is 10.2 Å². The maximum absolute atomic E-state index is 13.6. The van der Waals surface area contributed by atoms with Crippen LogP contribution in [0, 0.1) is 5.82 Å². The van der Waals surface area contributed by atoms with Gasteiger partial charge in [-0.2, -0.15) is 0 Å². The van der Waals surface area contributed by atoms with Crippen LogP contribution >= 0.6 is 23.1 Å². The zero-order chi connectivity index (χ0) is 13.1. The number of thioether (sulfide) groups is 1. The zero-order valence-corrected chi connectivity index (χ0v) is 11.7. The van der Waals surface area contributed by atoms with Crippen LogP contribution in [-0.2, 0) is 5.75 Å². The van der Waals surface area contributed by atoms with Crippen LogP contribution in [0.1, 0.15) is 5.56 Å². The SMILES string of the molecule is CN(C)c1nnc(SCc2c(N)cccc2F)s1. The fourth-order valence-corrected chi connectivity index (χ4v) is 3.11. The zero-order valence-electron chi connectivity index (χ0n) is 10.1. The van der Waals surface area contributed by atoms with Crippen LogP contribution in [-0.4, -0.2) is 24.3 Å². The lowest BCUT2D eigenvalue weighted by atomic mass is 10.2.